The second-order valence-corrected chi connectivity index (χ2v) is 8.00. The fraction of sp³-hybridized carbons (Fsp3) is 0.120. The second kappa shape index (κ2) is 12.4. The van der Waals surface area contributed by atoms with Crippen molar-refractivity contribution in [1.82, 2.24) is 5.48 Å². The number of halogens is 1. The summed E-state index contributed by atoms with van der Waals surface area (Å²) >= 11 is 1.55. The molecule has 0 bridgehead atoms. The molecule has 0 aliphatic heterocycles. The Morgan fingerprint density at radius 2 is 1.77 bits per heavy atom. The van der Waals surface area contributed by atoms with E-state index in [2.05, 4.69) is 5.32 Å². The number of hydrogen-bond acceptors (Lipinski definition) is 7. The van der Waals surface area contributed by atoms with Crippen molar-refractivity contribution in [2.75, 3.05) is 11.6 Å². The van der Waals surface area contributed by atoms with E-state index in [0.717, 1.165) is 23.1 Å². The van der Waals surface area contributed by atoms with Crippen molar-refractivity contribution in [2.24, 2.45) is 0 Å². The molecular formula is C25H23FN2O6S. The van der Waals surface area contributed by atoms with Crippen molar-refractivity contribution in [3.63, 3.8) is 0 Å². The summed E-state index contributed by atoms with van der Waals surface area (Å²) in [6, 6.07) is 19.0. The number of aromatic hydroxyl groups is 1. The largest absolute Gasteiger partial charge is 0.505 e. The summed E-state index contributed by atoms with van der Waals surface area (Å²) in [5, 5.41) is 21.0. The molecule has 0 spiro atoms. The number of ether oxygens (including phenoxy) is 2. The van der Waals surface area contributed by atoms with Crippen LogP contribution in [-0.2, 0) is 9.53 Å². The lowest BCUT2D eigenvalue weighted by Crippen LogP contribution is -2.30. The molecule has 3 rings (SSSR count). The third kappa shape index (κ3) is 7.49. The molecule has 0 aromatic heterocycles. The maximum atomic E-state index is 14.2. The summed E-state index contributed by atoms with van der Waals surface area (Å²) in [6.45, 7) is 0. The number of thioether (sulfide) groups is 1. The highest BCUT2D eigenvalue weighted by atomic mass is 32.2. The normalized spacial score (nSPS) is 12.5. The van der Waals surface area contributed by atoms with Gasteiger partial charge in [-0.25, -0.2) is 14.7 Å². The van der Waals surface area contributed by atoms with E-state index in [1.807, 2.05) is 18.4 Å². The van der Waals surface area contributed by atoms with E-state index < -0.39 is 35.8 Å². The minimum absolute atomic E-state index is 0.156. The molecule has 0 fully saturated rings. The highest BCUT2D eigenvalue weighted by Gasteiger charge is 2.29. The molecule has 2 amide bonds. The number of nitrogens with one attached hydrogen (secondary N) is 2. The number of hydrogen-bond donors (Lipinski definition) is 4. The van der Waals surface area contributed by atoms with Crippen LogP contribution in [0.25, 0.3) is 0 Å². The fourth-order valence-corrected chi connectivity index (χ4v) is 3.45. The number of rotatable bonds is 9. The van der Waals surface area contributed by atoms with Crippen LogP contribution in [0.15, 0.2) is 89.8 Å². The first kappa shape index (κ1) is 25.6. The quantitative estimate of drug-likeness (QED) is 0.141. The lowest BCUT2D eigenvalue weighted by Gasteiger charge is -2.26. The van der Waals surface area contributed by atoms with Gasteiger partial charge in [0.25, 0.3) is 5.91 Å². The van der Waals surface area contributed by atoms with Crippen LogP contribution in [0.1, 0.15) is 11.7 Å². The van der Waals surface area contributed by atoms with Crippen molar-refractivity contribution in [3.8, 4) is 11.5 Å². The van der Waals surface area contributed by atoms with E-state index in [-0.39, 0.29) is 5.56 Å². The van der Waals surface area contributed by atoms with Gasteiger partial charge in [0, 0.05) is 16.7 Å². The monoisotopic (exact) mass is 498 g/mol. The summed E-state index contributed by atoms with van der Waals surface area (Å²) in [6.07, 6.45) is 0.938. The zero-order valence-corrected chi connectivity index (χ0v) is 19.4. The summed E-state index contributed by atoms with van der Waals surface area (Å²) < 4.78 is 25.7. The average molecular weight is 499 g/mol. The van der Waals surface area contributed by atoms with E-state index >= 15 is 0 Å². The Hall–Kier alpha value is -4.02. The topological polar surface area (TPSA) is 117 Å². The van der Waals surface area contributed by atoms with Crippen molar-refractivity contribution in [1.29, 1.82) is 0 Å². The van der Waals surface area contributed by atoms with E-state index in [9.17, 15) is 19.1 Å². The molecule has 0 heterocycles. The molecule has 10 heteroatoms. The zero-order chi connectivity index (χ0) is 25.2. The Morgan fingerprint density at radius 3 is 2.40 bits per heavy atom. The van der Waals surface area contributed by atoms with Crippen LogP contribution in [-0.4, -0.2) is 34.7 Å². The van der Waals surface area contributed by atoms with Gasteiger partial charge in [-0.3, -0.25) is 15.3 Å². The number of phenols is 1. The van der Waals surface area contributed by atoms with Gasteiger partial charge in [-0.2, -0.15) is 0 Å². The smallest absolute Gasteiger partial charge is 0.412 e. The molecule has 3 aromatic carbocycles. The molecule has 4 N–H and O–H groups in total. The van der Waals surface area contributed by atoms with Gasteiger partial charge < -0.3 is 14.6 Å². The van der Waals surface area contributed by atoms with Crippen molar-refractivity contribution < 1.29 is 33.8 Å². The first-order valence-electron chi connectivity index (χ1n) is 10.3. The van der Waals surface area contributed by atoms with Crippen LogP contribution >= 0.6 is 11.8 Å². The van der Waals surface area contributed by atoms with E-state index in [4.69, 9.17) is 14.7 Å². The minimum Gasteiger partial charge on any atom is -0.505 e. The number of carbonyl (C=O) groups is 2. The van der Waals surface area contributed by atoms with Gasteiger partial charge in [0.2, 0.25) is 0 Å². The number of amides is 2. The molecule has 0 radical (unpaired) electrons. The Bertz CT molecular complexity index is 1170. The Morgan fingerprint density at radius 1 is 1.06 bits per heavy atom. The number of anilines is 1. The second-order valence-electron chi connectivity index (χ2n) is 7.12. The Kier molecular flexibility index (Phi) is 9.10. The summed E-state index contributed by atoms with van der Waals surface area (Å²) in [4.78, 5) is 25.4. The first-order chi connectivity index (χ1) is 16.9. The van der Waals surface area contributed by atoms with Gasteiger partial charge in [-0.05, 0) is 66.4 Å². The summed E-state index contributed by atoms with van der Waals surface area (Å²) in [5.74, 6) is -1.98. The number of hydroxylamine groups is 1. The Balaban J connectivity index is 1.94. The molecule has 0 unspecified atom stereocenters. The van der Waals surface area contributed by atoms with E-state index in [1.165, 1.54) is 17.6 Å². The number of phenolic OH excluding ortho intramolecular Hbond substituents is 1. The van der Waals surface area contributed by atoms with Crippen LogP contribution in [0.5, 0.6) is 11.5 Å². The minimum atomic E-state index is -1.25. The van der Waals surface area contributed by atoms with E-state index in [0.29, 0.717) is 11.4 Å². The molecule has 0 saturated carbocycles. The van der Waals surface area contributed by atoms with Gasteiger partial charge in [0.15, 0.2) is 23.8 Å². The van der Waals surface area contributed by atoms with E-state index in [1.54, 1.807) is 54.2 Å². The molecular weight excluding hydrogens is 475 g/mol. The maximum absolute atomic E-state index is 14.2. The number of carbonyl (C=O) groups excluding carboxylic acids is 2. The fourth-order valence-electron chi connectivity index (χ4n) is 3.04. The zero-order valence-electron chi connectivity index (χ0n) is 18.6. The van der Waals surface area contributed by atoms with Gasteiger partial charge in [0.1, 0.15) is 5.75 Å². The molecule has 35 heavy (non-hydrogen) atoms. The SMILES string of the molecule is CSc1ccc(NC(=O)O[C@@H](c2ccc(O)c(F)c2)[C@H](/C=C/C(=O)NO)Oc2ccccc2)cc1. The highest BCUT2D eigenvalue weighted by Crippen LogP contribution is 2.30. The third-order valence-corrected chi connectivity index (χ3v) is 5.48. The molecule has 0 aliphatic rings. The summed E-state index contributed by atoms with van der Waals surface area (Å²) in [5.41, 5.74) is 2.09. The predicted octanol–water partition coefficient (Wildman–Crippen LogP) is 5.05. The van der Waals surface area contributed by atoms with Crippen molar-refractivity contribution in [3.05, 3.63) is 96.3 Å². The van der Waals surface area contributed by atoms with Crippen LogP contribution in [0.3, 0.4) is 0 Å². The maximum Gasteiger partial charge on any atom is 0.412 e. The first-order valence-corrected chi connectivity index (χ1v) is 11.6. The van der Waals surface area contributed by atoms with Gasteiger partial charge in [-0.1, -0.05) is 24.3 Å². The summed E-state index contributed by atoms with van der Waals surface area (Å²) in [7, 11) is 0. The molecule has 0 saturated heterocycles. The van der Waals surface area contributed by atoms with Crippen molar-refractivity contribution >= 4 is 29.4 Å². The van der Waals surface area contributed by atoms with Crippen LogP contribution in [0.2, 0.25) is 0 Å². The average Bonchev–Trinajstić information content (AvgIpc) is 2.87. The number of benzene rings is 3. The lowest BCUT2D eigenvalue weighted by atomic mass is 10.0. The van der Waals surface area contributed by atoms with Crippen LogP contribution in [0.4, 0.5) is 14.9 Å². The van der Waals surface area contributed by atoms with Crippen molar-refractivity contribution in [2.45, 2.75) is 17.1 Å². The predicted molar refractivity (Wildman–Crippen MR) is 129 cm³/mol. The van der Waals surface area contributed by atoms with Gasteiger partial charge in [0.05, 0.1) is 0 Å². The number of para-hydroxylation sites is 1. The third-order valence-electron chi connectivity index (χ3n) is 4.73. The molecule has 182 valence electrons. The standard InChI is InChI=1S/C25H23FN2O6S/c1-35-19-10-8-17(9-11-19)27-25(31)34-24(16-7-12-21(29)20(26)15-16)22(13-14-23(30)28-32)33-18-5-3-2-4-6-18/h2-15,22,24,29,32H,1H3,(H,27,31)(H,28,30)/b14-13+/t22-,24-/m0/s1. The lowest BCUT2D eigenvalue weighted by molar-refractivity contribution is -0.124. The molecule has 8 nitrogen and oxygen atoms in total. The van der Waals surface area contributed by atoms with Crippen LogP contribution in [0, 0.1) is 5.82 Å². The highest BCUT2D eigenvalue weighted by molar-refractivity contribution is 7.98. The molecule has 3 aromatic rings. The van der Waals surface area contributed by atoms with Crippen LogP contribution < -0.4 is 15.5 Å². The van der Waals surface area contributed by atoms with Gasteiger partial charge >= 0.3 is 6.09 Å². The Labute approximate surface area is 205 Å². The molecule has 2 atom stereocenters. The molecule has 0 aliphatic carbocycles. The van der Waals surface area contributed by atoms with Gasteiger partial charge in [-0.15, -0.1) is 11.8 Å².